The third-order valence-corrected chi connectivity index (χ3v) is 3.61. The van der Waals surface area contributed by atoms with Crippen LogP contribution in [0.3, 0.4) is 0 Å². The van der Waals surface area contributed by atoms with Crippen molar-refractivity contribution >= 4 is 22.9 Å². The lowest BCUT2D eigenvalue weighted by atomic mass is 10.1. The number of hydrogen-bond acceptors (Lipinski definition) is 2. The molecule has 1 heterocycles. The summed E-state index contributed by atoms with van der Waals surface area (Å²) in [5.74, 6) is 0.0770. The molecule has 0 unspecified atom stereocenters. The number of amides is 1. The zero-order valence-electron chi connectivity index (χ0n) is 10.7. The van der Waals surface area contributed by atoms with E-state index in [2.05, 4.69) is 29.8 Å². The highest BCUT2D eigenvalue weighted by Gasteiger charge is 2.05. The number of aryl methyl sites for hydroxylation is 3. The highest BCUT2D eigenvalue weighted by Crippen LogP contribution is 2.16. The van der Waals surface area contributed by atoms with Gasteiger partial charge in [0.05, 0.1) is 0 Å². The van der Waals surface area contributed by atoms with Gasteiger partial charge < -0.3 is 5.32 Å². The summed E-state index contributed by atoms with van der Waals surface area (Å²) in [6, 6.07) is 8.12. The van der Waals surface area contributed by atoms with Crippen LogP contribution in [0.25, 0.3) is 0 Å². The first-order valence-electron chi connectivity index (χ1n) is 6.03. The summed E-state index contributed by atoms with van der Waals surface area (Å²) in [4.78, 5) is 11.8. The molecular weight excluding hydrogens is 242 g/mol. The predicted octanol–water partition coefficient (Wildman–Crippen LogP) is 3.94. The van der Waals surface area contributed by atoms with Gasteiger partial charge in [0.2, 0.25) is 5.91 Å². The summed E-state index contributed by atoms with van der Waals surface area (Å²) in [6.07, 6.45) is 1.34. The number of rotatable bonds is 4. The van der Waals surface area contributed by atoms with E-state index in [1.54, 1.807) is 11.3 Å². The van der Waals surface area contributed by atoms with Crippen LogP contribution in [0.1, 0.15) is 23.1 Å². The van der Waals surface area contributed by atoms with Crippen LogP contribution in [0, 0.1) is 13.8 Å². The van der Waals surface area contributed by atoms with Crippen molar-refractivity contribution in [1.82, 2.24) is 0 Å². The second kappa shape index (κ2) is 5.83. The number of carbonyl (C=O) groups is 1. The van der Waals surface area contributed by atoms with Crippen molar-refractivity contribution in [2.24, 2.45) is 0 Å². The summed E-state index contributed by atoms with van der Waals surface area (Å²) in [5, 5.41) is 7.09. The van der Waals surface area contributed by atoms with Crippen molar-refractivity contribution < 1.29 is 4.79 Å². The minimum atomic E-state index is 0.0770. The SMILES string of the molecule is Cc1ccc(NC(=O)CCc2ccsc2)c(C)c1. The van der Waals surface area contributed by atoms with Gasteiger partial charge in [0.25, 0.3) is 0 Å². The maximum Gasteiger partial charge on any atom is 0.224 e. The molecule has 0 aliphatic carbocycles. The van der Waals surface area contributed by atoms with E-state index in [9.17, 15) is 4.79 Å². The van der Waals surface area contributed by atoms with Crippen LogP contribution < -0.4 is 5.32 Å². The molecule has 1 aromatic heterocycles. The van der Waals surface area contributed by atoms with E-state index in [1.807, 2.05) is 24.4 Å². The number of thiophene rings is 1. The molecule has 1 aromatic carbocycles. The highest BCUT2D eigenvalue weighted by atomic mass is 32.1. The number of carbonyl (C=O) groups excluding carboxylic acids is 1. The van der Waals surface area contributed by atoms with Gasteiger partial charge in [0, 0.05) is 12.1 Å². The van der Waals surface area contributed by atoms with Gasteiger partial charge in [0.15, 0.2) is 0 Å². The van der Waals surface area contributed by atoms with Crippen LogP contribution in [-0.4, -0.2) is 5.91 Å². The standard InChI is InChI=1S/C15H17NOS/c1-11-3-5-14(12(2)9-11)16-15(17)6-4-13-7-8-18-10-13/h3,5,7-10H,4,6H2,1-2H3,(H,16,17). The molecule has 94 valence electrons. The molecule has 0 radical (unpaired) electrons. The third kappa shape index (κ3) is 3.44. The number of anilines is 1. The Hall–Kier alpha value is -1.61. The first-order chi connectivity index (χ1) is 8.65. The van der Waals surface area contributed by atoms with Crippen LogP contribution in [0.4, 0.5) is 5.69 Å². The van der Waals surface area contributed by atoms with Crippen molar-refractivity contribution in [3.63, 3.8) is 0 Å². The van der Waals surface area contributed by atoms with E-state index in [1.165, 1.54) is 11.1 Å². The van der Waals surface area contributed by atoms with Crippen LogP contribution in [-0.2, 0) is 11.2 Å². The first kappa shape index (κ1) is 12.8. The lowest BCUT2D eigenvalue weighted by molar-refractivity contribution is -0.116. The lowest BCUT2D eigenvalue weighted by Gasteiger charge is -2.08. The Labute approximate surface area is 112 Å². The van der Waals surface area contributed by atoms with Gasteiger partial charge in [-0.3, -0.25) is 4.79 Å². The molecule has 0 saturated heterocycles. The molecule has 1 N–H and O–H groups in total. The van der Waals surface area contributed by atoms with Crippen molar-refractivity contribution in [1.29, 1.82) is 0 Å². The van der Waals surface area contributed by atoms with Crippen molar-refractivity contribution in [3.8, 4) is 0 Å². The smallest absolute Gasteiger partial charge is 0.224 e. The van der Waals surface area contributed by atoms with Crippen LogP contribution >= 0.6 is 11.3 Å². The van der Waals surface area contributed by atoms with Crippen molar-refractivity contribution in [2.75, 3.05) is 5.32 Å². The minimum absolute atomic E-state index is 0.0770. The molecule has 0 spiro atoms. The van der Waals surface area contributed by atoms with Crippen LogP contribution in [0.2, 0.25) is 0 Å². The molecule has 2 nitrogen and oxygen atoms in total. The highest BCUT2D eigenvalue weighted by molar-refractivity contribution is 7.07. The van der Waals surface area contributed by atoms with E-state index < -0.39 is 0 Å². The molecule has 0 saturated carbocycles. The summed E-state index contributed by atoms with van der Waals surface area (Å²) < 4.78 is 0. The summed E-state index contributed by atoms with van der Waals surface area (Å²) in [7, 11) is 0. The van der Waals surface area contributed by atoms with Crippen molar-refractivity contribution in [3.05, 3.63) is 51.7 Å². The second-order valence-corrected chi connectivity index (χ2v) is 5.28. The molecule has 0 fully saturated rings. The second-order valence-electron chi connectivity index (χ2n) is 4.50. The number of benzene rings is 1. The molecule has 1 amide bonds. The van der Waals surface area contributed by atoms with Crippen LogP contribution in [0.5, 0.6) is 0 Å². The fourth-order valence-electron chi connectivity index (χ4n) is 1.86. The Balaban J connectivity index is 1.91. The molecular formula is C15H17NOS. The van der Waals surface area contributed by atoms with E-state index in [0.717, 1.165) is 17.7 Å². The fourth-order valence-corrected chi connectivity index (χ4v) is 2.56. The Kier molecular flexibility index (Phi) is 4.15. The zero-order chi connectivity index (χ0) is 13.0. The lowest BCUT2D eigenvalue weighted by Crippen LogP contribution is -2.13. The largest absolute Gasteiger partial charge is 0.326 e. The number of nitrogens with one attached hydrogen (secondary N) is 1. The Morgan fingerprint density at radius 3 is 2.78 bits per heavy atom. The normalized spacial score (nSPS) is 10.3. The zero-order valence-corrected chi connectivity index (χ0v) is 11.5. The summed E-state index contributed by atoms with van der Waals surface area (Å²) >= 11 is 1.67. The Bertz CT molecular complexity index is 531. The molecule has 2 rings (SSSR count). The van der Waals surface area contributed by atoms with Gasteiger partial charge in [-0.15, -0.1) is 0 Å². The topological polar surface area (TPSA) is 29.1 Å². The first-order valence-corrected chi connectivity index (χ1v) is 6.97. The maximum absolute atomic E-state index is 11.8. The molecule has 0 atom stereocenters. The van der Waals surface area contributed by atoms with Gasteiger partial charge in [-0.1, -0.05) is 17.7 Å². The summed E-state index contributed by atoms with van der Waals surface area (Å²) in [6.45, 7) is 4.07. The average Bonchev–Trinajstić information content (AvgIpc) is 2.83. The number of hydrogen-bond donors (Lipinski definition) is 1. The van der Waals surface area contributed by atoms with E-state index in [0.29, 0.717) is 6.42 Å². The molecule has 18 heavy (non-hydrogen) atoms. The molecule has 0 aliphatic rings. The van der Waals surface area contributed by atoms with Crippen LogP contribution in [0.15, 0.2) is 35.0 Å². The monoisotopic (exact) mass is 259 g/mol. The Morgan fingerprint density at radius 2 is 2.11 bits per heavy atom. The molecule has 0 aliphatic heterocycles. The molecule has 0 bridgehead atoms. The van der Waals surface area contributed by atoms with Gasteiger partial charge in [-0.2, -0.15) is 11.3 Å². The molecule has 2 aromatic rings. The predicted molar refractivity (Wildman–Crippen MR) is 77.2 cm³/mol. The maximum atomic E-state index is 11.8. The average molecular weight is 259 g/mol. The van der Waals surface area contributed by atoms with Gasteiger partial charge in [0.1, 0.15) is 0 Å². The van der Waals surface area contributed by atoms with Gasteiger partial charge in [-0.25, -0.2) is 0 Å². The summed E-state index contributed by atoms with van der Waals surface area (Å²) in [5.41, 5.74) is 4.47. The quantitative estimate of drug-likeness (QED) is 0.885. The van der Waals surface area contributed by atoms with Crippen molar-refractivity contribution in [2.45, 2.75) is 26.7 Å². The van der Waals surface area contributed by atoms with E-state index in [4.69, 9.17) is 0 Å². The minimum Gasteiger partial charge on any atom is -0.326 e. The van der Waals surface area contributed by atoms with E-state index >= 15 is 0 Å². The van der Waals surface area contributed by atoms with Gasteiger partial charge >= 0.3 is 0 Å². The van der Waals surface area contributed by atoms with E-state index in [-0.39, 0.29) is 5.91 Å². The fraction of sp³-hybridized carbons (Fsp3) is 0.267. The third-order valence-electron chi connectivity index (χ3n) is 2.88. The Morgan fingerprint density at radius 1 is 1.28 bits per heavy atom. The van der Waals surface area contributed by atoms with Gasteiger partial charge in [-0.05, 0) is 54.3 Å². The molecule has 3 heteroatoms.